The number of aliphatic hydroxyl groups is 1. The fraction of sp³-hybridized carbons (Fsp3) is 0.846. The molecule has 0 aromatic rings. The van der Waals surface area contributed by atoms with E-state index in [1.807, 2.05) is 6.08 Å². The standard InChI is InChI=1S/C13H24O/c1-4-5-6-7-8-9-12(14)11-10-13(11,2)3/h4,11-12,14H,1,5-10H2,2-3H3. The molecule has 0 aromatic carbocycles. The van der Waals surface area contributed by atoms with Crippen LogP contribution < -0.4 is 0 Å². The van der Waals surface area contributed by atoms with Gasteiger partial charge in [0.15, 0.2) is 0 Å². The molecule has 0 heterocycles. The van der Waals surface area contributed by atoms with Crippen molar-refractivity contribution in [2.24, 2.45) is 11.3 Å². The highest BCUT2D eigenvalue weighted by molar-refractivity contribution is 4.98. The van der Waals surface area contributed by atoms with Crippen LogP contribution in [0.1, 0.15) is 52.4 Å². The van der Waals surface area contributed by atoms with Gasteiger partial charge in [0.2, 0.25) is 0 Å². The Bertz CT molecular complexity index is 184. The first-order valence-corrected chi connectivity index (χ1v) is 5.87. The van der Waals surface area contributed by atoms with Crippen LogP contribution in [0.25, 0.3) is 0 Å². The molecule has 0 bridgehead atoms. The van der Waals surface area contributed by atoms with Crippen LogP contribution in [0.15, 0.2) is 12.7 Å². The van der Waals surface area contributed by atoms with E-state index in [-0.39, 0.29) is 6.10 Å². The van der Waals surface area contributed by atoms with Crippen molar-refractivity contribution in [2.75, 3.05) is 0 Å². The van der Waals surface area contributed by atoms with Crippen molar-refractivity contribution in [3.05, 3.63) is 12.7 Å². The molecule has 1 rings (SSSR count). The van der Waals surface area contributed by atoms with Crippen molar-refractivity contribution in [1.82, 2.24) is 0 Å². The molecule has 82 valence electrons. The van der Waals surface area contributed by atoms with Crippen LogP contribution in [0.4, 0.5) is 0 Å². The minimum Gasteiger partial charge on any atom is -0.393 e. The van der Waals surface area contributed by atoms with Crippen molar-refractivity contribution >= 4 is 0 Å². The lowest BCUT2D eigenvalue weighted by molar-refractivity contribution is 0.124. The highest BCUT2D eigenvalue weighted by atomic mass is 16.3. The molecule has 1 aliphatic carbocycles. The van der Waals surface area contributed by atoms with Crippen LogP contribution >= 0.6 is 0 Å². The van der Waals surface area contributed by atoms with Gasteiger partial charge in [-0.2, -0.15) is 0 Å². The Morgan fingerprint density at radius 3 is 2.57 bits per heavy atom. The summed E-state index contributed by atoms with van der Waals surface area (Å²) in [6, 6.07) is 0. The fourth-order valence-electron chi connectivity index (χ4n) is 2.18. The second-order valence-electron chi connectivity index (χ2n) is 5.29. The molecular weight excluding hydrogens is 172 g/mol. The summed E-state index contributed by atoms with van der Waals surface area (Å²) in [6.07, 6.45) is 8.87. The van der Waals surface area contributed by atoms with Gasteiger partial charge in [-0.3, -0.25) is 0 Å². The number of hydrogen-bond donors (Lipinski definition) is 1. The van der Waals surface area contributed by atoms with Crippen molar-refractivity contribution in [1.29, 1.82) is 0 Å². The predicted molar refractivity (Wildman–Crippen MR) is 61.2 cm³/mol. The molecule has 0 saturated heterocycles. The molecule has 0 aliphatic heterocycles. The van der Waals surface area contributed by atoms with Crippen LogP contribution in [0.2, 0.25) is 0 Å². The average Bonchev–Trinajstić information content (AvgIpc) is 2.75. The molecule has 0 radical (unpaired) electrons. The van der Waals surface area contributed by atoms with E-state index < -0.39 is 0 Å². The first-order chi connectivity index (χ1) is 6.58. The number of aliphatic hydroxyl groups excluding tert-OH is 1. The molecular formula is C13H24O. The topological polar surface area (TPSA) is 20.2 Å². The van der Waals surface area contributed by atoms with Crippen LogP contribution in [0.3, 0.4) is 0 Å². The zero-order valence-corrected chi connectivity index (χ0v) is 9.63. The van der Waals surface area contributed by atoms with E-state index in [0.717, 1.165) is 12.8 Å². The summed E-state index contributed by atoms with van der Waals surface area (Å²) in [5.41, 5.74) is 0.417. The van der Waals surface area contributed by atoms with E-state index in [1.165, 1.54) is 25.7 Å². The number of unbranched alkanes of at least 4 members (excludes halogenated alkanes) is 3. The third kappa shape index (κ3) is 3.45. The van der Waals surface area contributed by atoms with E-state index in [9.17, 15) is 5.11 Å². The van der Waals surface area contributed by atoms with Gasteiger partial charge in [0.25, 0.3) is 0 Å². The second kappa shape index (κ2) is 4.97. The highest BCUT2D eigenvalue weighted by Gasteiger charge is 2.49. The maximum atomic E-state index is 9.86. The SMILES string of the molecule is C=CCCCCCC(O)C1CC1(C)C. The third-order valence-electron chi connectivity index (χ3n) is 3.46. The normalized spacial score (nSPS) is 25.8. The molecule has 1 fully saturated rings. The largest absolute Gasteiger partial charge is 0.393 e. The molecule has 2 unspecified atom stereocenters. The first-order valence-electron chi connectivity index (χ1n) is 5.87. The maximum absolute atomic E-state index is 9.86. The van der Waals surface area contributed by atoms with Gasteiger partial charge in [-0.25, -0.2) is 0 Å². The fourth-order valence-corrected chi connectivity index (χ4v) is 2.18. The van der Waals surface area contributed by atoms with Gasteiger partial charge in [-0.05, 0) is 37.0 Å². The lowest BCUT2D eigenvalue weighted by atomic mass is 10.0. The van der Waals surface area contributed by atoms with Gasteiger partial charge in [0.05, 0.1) is 6.10 Å². The summed E-state index contributed by atoms with van der Waals surface area (Å²) in [7, 11) is 0. The molecule has 1 saturated carbocycles. The van der Waals surface area contributed by atoms with Gasteiger partial charge >= 0.3 is 0 Å². The Kier molecular flexibility index (Phi) is 4.18. The molecule has 1 heteroatoms. The molecule has 2 atom stereocenters. The lowest BCUT2D eigenvalue weighted by Gasteiger charge is -2.11. The smallest absolute Gasteiger partial charge is 0.0573 e. The van der Waals surface area contributed by atoms with Crippen LogP contribution in [0, 0.1) is 11.3 Å². The minimum atomic E-state index is -0.0475. The third-order valence-corrected chi connectivity index (χ3v) is 3.46. The Balaban J connectivity index is 1.99. The first kappa shape index (κ1) is 11.8. The molecule has 0 amide bonds. The number of hydrogen-bond acceptors (Lipinski definition) is 1. The molecule has 1 N–H and O–H groups in total. The van der Waals surface area contributed by atoms with Crippen LogP contribution in [-0.2, 0) is 0 Å². The summed E-state index contributed by atoms with van der Waals surface area (Å²) >= 11 is 0. The summed E-state index contributed by atoms with van der Waals surface area (Å²) < 4.78 is 0. The Hall–Kier alpha value is -0.300. The Morgan fingerprint density at radius 2 is 2.07 bits per heavy atom. The quantitative estimate of drug-likeness (QED) is 0.488. The van der Waals surface area contributed by atoms with E-state index in [4.69, 9.17) is 0 Å². The molecule has 14 heavy (non-hydrogen) atoms. The van der Waals surface area contributed by atoms with Crippen molar-refractivity contribution < 1.29 is 5.11 Å². The highest BCUT2D eigenvalue weighted by Crippen LogP contribution is 2.54. The number of rotatable bonds is 7. The van der Waals surface area contributed by atoms with E-state index in [1.54, 1.807) is 0 Å². The van der Waals surface area contributed by atoms with E-state index in [0.29, 0.717) is 11.3 Å². The lowest BCUT2D eigenvalue weighted by Crippen LogP contribution is -2.12. The predicted octanol–water partition coefficient (Wildman–Crippen LogP) is 3.53. The zero-order chi connectivity index (χ0) is 10.6. The summed E-state index contributed by atoms with van der Waals surface area (Å²) in [6.45, 7) is 8.20. The monoisotopic (exact) mass is 196 g/mol. The minimum absolute atomic E-state index is 0.0475. The number of allylic oxidation sites excluding steroid dienone is 1. The Labute approximate surface area is 88.2 Å². The molecule has 1 aliphatic rings. The molecule has 0 aromatic heterocycles. The summed E-state index contributed by atoms with van der Waals surface area (Å²) in [4.78, 5) is 0. The van der Waals surface area contributed by atoms with Gasteiger partial charge in [-0.15, -0.1) is 6.58 Å². The average molecular weight is 196 g/mol. The van der Waals surface area contributed by atoms with Gasteiger partial charge in [-0.1, -0.05) is 32.8 Å². The van der Waals surface area contributed by atoms with Crippen molar-refractivity contribution in [2.45, 2.75) is 58.5 Å². The molecule has 0 spiro atoms. The summed E-state index contributed by atoms with van der Waals surface area (Å²) in [5.74, 6) is 0.571. The summed E-state index contributed by atoms with van der Waals surface area (Å²) in [5, 5.41) is 9.86. The Morgan fingerprint density at radius 1 is 1.43 bits per heavy atom. The second-order valence-corrected chi connectivity index (χ2v) is 5.29. The molecule has 1 nitrogen and oxygen atoms in total. The van der Waals surface area contributed by atoms with Gasteiger partial charge in [0.1, 0.15) is 0 Å². The van der Waals surface area contributed by atoms with Gasteiger partial charge < -0.3 is 5.11 Å². The maximum Gasteiger partial charge on any atom is 0.0573 e. The van der Waals surface area contributed by atoms with Gasteiger partial charge in [0, 0.05) is 0 Å². The van der Waals surface area contributed by atoms with Crippen LogP contribution in [-0.4, -0.2) is 11.2 Å². The van der Waals surface area contributed by atoms with E-state index in [2.05, 4.69) is 20.4 Å². The zero-order valence-electron chi connectivity index (χ0n) is 9.63. The van der Waals surface area contributed by atoms with Crippen molar-refractivity contribution in [3.63, 3.8) is 0 Å². The van der Waals surface area contributed by atoms with E-state index >= 15 is 0 Å². The van der Waals surface area contributed by atoms with Crippen molar-refractivity contribution in [3.8, 4) is 0 Å². The van der Waals surface area contributed by atoms with Crippen LogP contribution in [0.5, 0.6) is 0 Å².